The summed E-state index contributed by atoms with van der Waals surface area (Å²) < 4.78 is 0. The fourth-order valence-electron chi connectivity index (χ4n) is 1.89. The molecule has 2 aromatic rings. The Morgan fingerprint density at radius 1 is 1.14 bits per heavy atom. The molecule has 0 heterocycles. The maximum absolute atomic E-state index is 11.4. The summed E-state index contributed by atoms with van der Waals surface area (Å²) >= 11 is 0. The number of hydrogen-bond donors (Lipinski definition) is 3. The van der Waals surface area contributed by atoms with E-state index in [1.54, 1.807) is 0 Å². The molecule has 22 heavy (non-hydrogen) atoms. The van der Waals surface area contributed by atoms with Crippen LogP contribution in [-0.2, 0) is 4.79 Å². The predicted molar refractivity (Wildman–Crippen MR) is 78.4 cm³/mol. The number of aromatic hydroxyl groups is 2. The molecular formula is C15H11NO6. The first-order valence-corrected chi connectivity index (χ1v) is 6.10. The molecule has 0 saturated carbocycles. The molecule has 0 spiro atoms. The molecule has 112 valence electrons. The second-order valence-corrected chi connectivity index (χ2v) is 4.42. The number of rotatable bonds is 4. The lowest BCUT2D eigenvalue weighted by atomic mass is 10.0. The topological polar surface area (TPSA) is 121 Å². The van der Waals surface area contributed by atoms with Crippen LogP contribution in [0.25, 0.3) is 11.6 Å². The van der Waals surface area contributed by atoms with Gasteiger partial charge in [0.1, 0.15) is 5.75 Å². The van der Waals surface area contributed by atoms with E-state index in [-0.39, 0.29) is 22.4 Å². The number of aliphatic carboxylic acids is 1. The molecule has 0 aliphatic rings. The van der Waals surface area contributed by atoms with Crippen molar-refractivity contribution in [2.45, 2.75) is 0 Å². The van der Waals surface area contributed by atoms with Crippen molar-refractivity contribution >= 4 is 23.3 Å². The van der Waals surface area contributed by atoms with E-state index in [1.807, 2.05) is 0 Å². The molecule has 7 heteroatoms. The van der Waals surface area contributed by atoms with Crippen LogP contribution in [0.3, 0.4) is 0 Å². The molecule has 0 amide bonds. The fraction of sp³-hybridized carbons (Fsp3) is 0. The third-order valence-electron chi connectivity index (χ3n) is 2.89. The summed E-state index contributed by atoms with van der Waals surface area (Å²) in [6.45, 7) is 0. The normalized spacial score (nSPS) is 11.2. The molecule has 3 N–H and O–H groups in total. The van der Waals surface area contributed by atoms with Gasteiger partial charge >= 0.3 is 11.7 Å². The third-order valence-corrected chi connectivity index (χ3v) is 2.89. The Morgan fingerprint density at radius 3 is 2.45 bits per heavy atom. The average molecular weight is 301 g/mol. The molecule has 0 radical (unpaired) electrons. The summed E-state index contributed by atoms with van der Waals surface area (Å²) in [4.78, 5) is 21.4. The van der Waals surface area contributed by atoms with Crippen molar-refractivity contribution in [2.75, 3.05) is 0 Å². The average Bonchev–Trinajstić information content (AvgIpc) is 2.45. The van der Waals surface area contributed by atoms with Crippen molar-refractivity contribution in [2.24, 2.45) is 0 Å². The van der Waals surface area contributed by atoms with Crippen LogP contribution >= 0.6 is 0 Å². The van der Waals surface area contributed by atoms with Crippen LogP contribution in [0.4, 0.5) is 5.69 Å². The van der Waals surface area contributed by atoms with Gasteiger partial charge in [-0.2, -0.15) is 0 Å². The van der Waals surface area contributed by atoms with Crippen molar-refractivity contribution in [1.82, 2.24) is 0 Å². The van der Waals surface area contributed by atoms with Gasteiger partial charge in [-0.05, 0) is 35.4 Å². The van der Waals surface area contributed by atoms with Crippen molar-refractivity contribution in [1.29, 1.82) is 0 Å². The SMILES string of the molecule is O=C(O)/C(=C\c1ccc(O)c([N+](=O)[O-])c1)c1cccc(O)c1. The molecule has 2 rings (SSSR count). The minimum Gasteiger partial charge on any atom is -0.508 e. The van der Waals surface area contributed by atoms with Crippen molar-refractivity contribution < 1.29 is 25.0 Å². The van der Waals surface area contributed by atoms with Crippen LogP contribution in [0.1, 0.15) is 11.1 Å². The summed E-state index contributed by atoms with van der Waals surface area (Å²) in [6, 6.07) is 9.19. The van der Waals surface area contributed by atoms with E-state index in [9.17, 15) is 30.2 Å². The van der Waals surface area contributed by atoms with Crippen LogP contribution in [-0.4, -0.2) is 26.2 Å². The number of phenols is 2. The van der Waals surface area contributed by atoms with Gasteiger partial charge in [-0.3, -0.25) is 10.1 Å². The third kappa shape index (κ3) is 3.21. The summed E-state index contributed by atoms with van der Waals surface area (Å²) in [5.41, 5.74) is -0.168. The zero-order valence-corrected chi connectivity index (χ0v) is 11.1. The van der Waals surface area contributed by atoms with Crippen LogP contribution in [0, 0.1) is 10.1 Å². The van der Waals surface area contributed by atoms with Crippen molar-refractivity contribution in [3.8, 4) is 11.5 Å². The summed E-state index contributed by atoms with van der Waals surface area (Å²) in [6.07, 6.45) is 1.23. The second kappa shape index (κ2) is 5.96. The van der Waals surface area contributed by atoms with E-state index >= 15 is 0 Å². The number of carboxylic acids is 1. The highest BCUT2D eigenvalue weighted by atomic mass is 16.6. The summed E-state index contributed by atoms with van der Waals surface area (Å²) in [7, 11) is 0. The van der Waals surface area contributed by atoms with Crippen LogP contribution in [0.2, 0.25) is 0 Å². The molecule has 0 aromatic heterocycles. The van der Waals surface area contributed by atoms with E-state index in [4.69, 9.17) is 0 Å². The fourth-order valence-corrected chi connectivity index (χ4v) is 1.89. The van der Waals surface area contributed by atoms with Crippen molar-refractivity contribution in [3.63, 3.8) is 0 Å². The molecule has 7 nitrogen and oxygen atoms in total. The van der Waals surface area contributed by atoms with Gasteiger partial charge in [0.15, 0.2) is 5.75 Å². The van der Waals surface area contributed by atoms with E-state index in [2.05, 4.69) is 0 Å². The lowest BCUT2D eigenvalue weighted by Crippen LogP contribution is -1.99. The molecule has 0 atom stereocenters. The van der Waals surface area contributed by atoms with Gasteiger partial charge in [-0.25, -0.2) is 4.79 Å². The minimum absolute atomic E-state index is 0.0960. The Kier molecular flexibility index (Phi) is 4.08. The number of benzene rings is 2. The first kappa shape index (κ1) is 15.0. The van der Waals surface area contributed by atoms with E-state index in [1.165, 1.54) is 36.4 Å². The van der Waals surface area contributed by atoms with E-state index in [0.717, 1.165) is 12.1 Å². The zero-order chi connectivity index (χ0) is 16.3. The quantitative estimate of drug-likeness (QED) is 0.345. The lowest BCUT2D eigenvalue weighted by Gasteiger charge is -2.04. The minimum atomic E-state index is -1.25. The number of nitro groups is 1. The Labute approximate surface area is 124 Å². The Balaban J connectivity index is 2.54. The Hall–Kier alpha value is -3.35. The number of carbonyl (C=O) groups is 1. The largest absolute Gasteiger partial charge is 0.508 e. The first-order valence-electron chi connectivity index (χ1n) is 6.10. The molecular weight excluding hydrogens is 290 g/mol. The number of phenolic OH excluding ortho intramolecular Hbond substituents is 2. The zero-order valence-electron chi connectivity index (χ0n) is 11.1. The van der Waals surface area contributed by atoms with Gasteiger partial charge in [0.2, 0.25) is 0 Å². The summed E-state index contributed by atoms with van der Waals surface area (Å²) in [5, 5.41) is 38.9. The molecule has 0 bridgehead atoms. The van der Waals surface area contributed by atoms with E-state index in [0.29, 0.717) is 0 Å². The monoisotopic (exact) mass is 301 g/mol. The Morgan fingerprint density at radius 2 is 1.86 bits per heavy atom. The highest BCUT2D eigenvalue weighted by Gasteiger charge is 2.15. The maximum Gasteiger partial charge on any atom is 0.336 e. The Bertz CT molecular complexity index is 781. The van der Waals surface area contributed by atoms with Gasteiger partial charge in [0.25, 0.3) is 0 Å². The number of hydrogen-bond acceptors (Lipinski definition) is 5. The molecule has 0 unspecified atom stereocenters. The standard InChI is InChI=1S/C15H11NO6/c17-11-3-1-2-10(8-11)12(15(19)20)6-9-4-5-14(18)13(7-9)16(21)22/h1-8,17-18H,(H,19,20)/b12-6-. The predicted octanol–water partition coefficient (Wildman–Crippen LogP) is 2.63. The van der Waals surface area contributed by atoms with Crippen LogP contribution in [0.5, 0.6) is 11.5 Å². The highest BCUT2D eigenvalue weighted by molar-refractivity contribution is 6.20. The number of nitro benzene ring substituents is 1. The van der Waals surface area contributed by atoms with E-state index < -0.39 is 22.3 Å². The maximum atomic E-state index is 11.4. The lowest BCUT2D eigenvalue weighted by molar-refractivity contribution is -0.385. The van der Waals surface area contributed by atoms with Gasteiger partial charge in [0, 0.05) is 6.07 Å². The molecule has 0 fully saturated rings. The molecule has 0 aliphatic heterocycles. The second-order valence-electron chi connectivity index (χ2n) is 4.42. The van der Waals surface area contributed by atoms with Gasteiger partial charge in [-0.1, -0.05) is 18.2 Å². The molecule has 2 aromatic carbocycles. The highest BCUT2D eigenvalue weighted by Crippen LogP contribution is 2.29. The molecule has 0 aliphatic carbocycles. The smallest absolute Gasteiger partial charge is 0.336 e. The van der Waals surface area contributed by atoms with Crippen LogP contribution < -0.4 is 0 Å². The number of carboxylic acid groups (broad SMARTS) is 1. The summed E-state index contributed by atoms with van der Waals surface area (Å²) in [5.74, 6) is -1.85. The van der Waals surface area contributed by atoms with Gasteiger partial charge in [0.05, 0.1) is 10.5 Å². The van der Waals surface area contributed by atoms with Crippen molar-refractivity contribution in [3.05, 3.63) is 63.7 Å². The van der Waals surface area contributed by atoms with Crippen LogP contribution in [0.15, 0.2) is 42.5 Å². The molecule has 0 saturated heterocycles. The first-order chi connectivity index (χ1) is 10.4. The van der Waals surface area contributed by atoms with Gasteiger partial charge < -0.3 is 15.3 Å². The number of nitrogens with zero attached hydrogens (tertiary/aromatic N) is 1. The van der Waals surface area contributed by atoms with Gasteiger partial charge in [-0.15, -0.1) is 0 Å².